The van der Waals surface area contributed by atoms with E-state index >= 15 is 0 Å². The molecule has 4 heteroatoms. The third-order valence-corrected chi connectivity index (χ3v) is 3.83. The van der Waals surface area contributed by atoms with Crippen molar-refractivity contribution in [2.24, 2.45) is 0 Å². The smallest absolute Gasteiger partial charge is 0.143 e. The van der Waals surface area contributed by atoms with Gasteiger partial charge >= 0.3 is 0 Å². The van der Waals surface area contributed by atoms with Crippen LogP contribution in [-0.4, -0.2) is 12.1 Å². The van der Waals surface area contributed by atoms with Gasteiger partial charge < -0.3 is 10.5 Å². The average molecular weight is 236 g/mol. The maximum atomic E-state index is 5.87. The zero-order chi connectivity index (χ0) is 11.9. The zero-order valence-corrected chi connectivity index (χ0v) is 10.8. The Morgan fingerprint density at radius 3 is 2.56 bits per heavy atom. The fourth-order valence-electron chi connectivity index (χ4n) is 1.47. The number of nitrogens with two attached hydrogens (primary N) is 1. The zero-order valence-electron chi connectivity index (χ0n) is 10.00. The second-order valence-electron chi connectivity index (χ2n) is 4.83. The van der Waals surface area contributed by atoms with Crippen LogP contribution in [-0.2, 0) is 5.41 Å². The number of rotatable bonds is 1. The summed E-state index contributed by atoms with van der Waals surface area (Å²) in [4.78, 5) is 4.62. The number of methoxy groups -OCH3 is 1. The fourth-order valence-corrected chi connectivity index (χ4v) is 2.52. The van der Waals surface area contributed by atoms with Gasteiger partial charge in [-0.05, 0) is 6.07 Å². The number of anilines is 1. The van der Waals surface area contributed by atoms with Gasteiger partial charge in [-0.3, -0.25) is 0 Å². The molecular formula is C12H16N2OS. The van der Waals surface area contributed by atoms with Crippen LogP contribution in [0.2, 0.25) is 0 Å². The Labute approximate surface area is 99.3 Å². The average Bonchev–Trinajstić information content (AvgIpc) is 2.58. The first-order valence-electron chi connectivity index (χ1n) is 5.16. The van der Waals surface area contributed by atoms with Crippen molar-refractivity contribution in [1.29, 1.82) is 0 Å². The number of ether oxygens (including phenoxy) is 1. The highest BCUT2D eigenvalue weighted by molar-refractivity contribution is 7.18. The van der Waals surface area contributed by atoms with Crippen molar-refractivity contribution in [2.75, 3.05) is 12.8 Å². The van der Waals surface area contributed by atoms with Crippen molar-refractivity contribution in [2.45, 2.75) is 26.2 Å². The lowest BCUT2D eigenvalue weighted by molar-refractivity contribution is 0.417. The first-order chi connectivity index (χ1) is 7.41. The van der Waals surface area contributed by atoms with Crippen molar-refractivity contribution in [1.82, 2.24) is 4.98 Å². The molecule has 0 aliphatic rings. The molecule has 0 atom stereocenters. The summed E-state index contributed by atoms with van der Waals surface area (Å²) in [5, 5.41) is 1.12. The molecule has 86 valence electrons. The largest absolute Gasteiger partial charge is 0.495 e. The van der Waals surface area contributed by atoms with E-state index in [0.717, 1.165) is 15.2 Å². The third-order valence-electron chi connectivity index (χ3n) is 2.38. The number of hydrogen-bond acceptors (Lipinski definition) is 4. The van der Waals surface area contributed by atoms with Gasteiger partial charge in [-0.25, -0.2) is 4.98 Å². The van der Waals surface area contributed by atoms with Crippen LogP contribution in [0, 0.1) is 0 Å². The van der Waals surface area contributed by atoms with Gasteiger partial charge in [-0.1, -0.05) is 20.8 Å². The van der Waals surface area contributed by atoms with Crippen LogP contribution in [0.15, 0.2) is 12.1 Å². The molecule has 0 saturated carbocycles. The molecule has 0 aliphatic carbocycles. The third kappa shape index (κ3) is 1.85. The normalized spacial score (nSPS) is 12.0. The second kappa shape index (κ2) is 3.63. The van der Waals surface area contributed by atoms with Gasteiger partial charge in [-0.2, -0.15) is 0 Å². The molecule has 0 amide bonds. The number of aromatic nitrogens is 1. The molecule has 0 aliphatic heterocycles. The molecule has 0 fully saturated rings. The minimum atomic E-state index is 0.0751. The molecule has 0 radical (unpaired) electrons. The first-order valence-corrected chi connectivity index (χ1v) is 5.98. The molecule has 0 unspecified atom stereocenters. The Bertz CT molecular complexity index is 526. The first kappa shape index (κ1) is 11.2. The minimum absolute atomic E-state index is 0.0751. The molecular weight excluding hydrogens is 220 g/mol. The molecule has 16 heavy (non-hydrogen) atoms. The topological polar surface area (TPSA) is 48.1 Å². The van der Waals surface area contributed by atoms with E-state index in [0.29, 0.717) is 11.4 Å². The van der Waals surface area contributed by atoms with Gasteiger partial charge in [0.05, 0.1) is 28.0 Å². The Morgan fingerprint density at radius 1 is 1.31 bits per heavy atom. The molecule has 3 nitrogen and oxygen atoms in total. The molecule has 2 aromatic rings. The van der Waals surface area contributed by atoms with Crippen molar-refractivity contribution in [3.63, 3.8) is 0 Å². The summed E-state index contributed by atoms with van der Waals surface area (Å²) in [7, 11) is 1.62. The van der Waals surface area contributed by atoms with Gasteiger partial charge in [0.25, 0.3) is 0 Å². The van der Waals surface area contributed by atoms with E-state index in [-0.39, 0.29) is 5.41 Å². The number of hydrogen-bond donors (Lipinski definition) is 1. The van der Waals surface area contributed by atoms with Gasteiger partial charge in [0, 0.05) is 11.5 Å². The van der Waals surface area contributed by atoms with Crippen LogP contribution < -0.4 is 10.5 Å². The van der Waals surface area contributed by atoms with Crippen LogP contribution >= 0.6 is 11.3 Å². The van der Waals surface area contributed by atoms with Crippen molar-refractivity contribution >= 4 is 27.2 Å². The molecule has 2 N–H and O–H groups in total. The lowest BCUT2D eigenvalue weighted by Crippen LogP contribution is -2.09. The maximum absolute atomic E-state index is 5.87. The maximum Gasteiger partial charge on any atom is 0.143 e. The predicted octanol–water partition coefficient (Wildman–Crippen LogP) is 3.18. The number of fused-ring (bicyclic) bond motifs is 1. The van der Waals surface area contributed by atoms with E-state index in [4.69, 9.17) is 10.5 Å². The summed E-state index contributed by atoms with van der Waals surface area (Å²) >= 11 is 1.69. The van der Waals surface area contributed by atoms with E-state index < -0.39 is 0 Å². The van der Waals surface area contributed by atoms with Gasteiger partial charge in [-0.15, -0.1) is 11.3 Å². The Hall–Kier alpha value is -1.29. The standard InChI is InChI=1S/C12H16N2OS/c1-12(2,3)11-14-8-6-9(15-4)7(13)5-10(8)16-11/h5-6H,13H2,1-4H3. The molecule has 1 heterocycles. The van der Waals surface area contributed by atoms with E-state index in [1.54, 1.807) is 18.4 Å². The lowest BCUT2D eigenvalue weighted by atomic mass is 9.98. The summed E-state index contributed by atoms with van der Waals surface area (Å²) in [5.41, 5.74) is 7.57. The lowest BCUT2D eigenvalue weighted by Gasteiger charge is -2.13. The Morgan fingerprint density at radius 2 is 2.00 bits per heavy atom. The highest BCUT2D eigenvalue weighted by atomic mass is 32.1. The van der Waals surface area contributed by atoms with Gasteiger partial charge in [0.2, 0.25) is 0 Å². The summed E-state index contributed by atoms with van der Waals surface area (Å²) < 4.78 is 6.30. The summed E-state index contributed by atoms with van der Waals surface area (Å²) in [5.74, 6) is 0.693. The van der Waals surface area contributed by atoms with Crippen LogP contribution in [0.3, 0.4) is 0 Å². The predicted molar refractivity (Wildman–Crippen MR) is 69.3 cm³/mol. The molecule has 0 spiro atoms. The number of thiazole rings is 1. The Balaban J connectivity index is 2.63. The van der Waals surface area contributed by atoms with E-state index in [2.05, 4.69) is 25.8 Å². The van der Waals surface area contributed by atoms with Crippen molar-refractivity contribution in [3.8, 4) is 5.75 Å². The molecule has 1 aromatic carbocycles. The second-order valence-corrected chi connectivity index (χ2v) is 5.86. The Kier molecular flexibility index (Phi) is 2.54. The summed E-state index contributed by atoms with van der Waals surface area (Å²) in [6.07, 6.45) is 0. The minimum Gasteiger partial charge on any atom is -0.495 e. The monoisotopic (exact) mass is 236 g/mol. The van der Waals surface area contributed by atoms with Crippen molar-refractivity contribution in [3.05, 3.63) is 17.1 Å². The SMILES string of the molecule is COc1cc2nc(C(C)(C)C)sc2cc1N. The van der Waals surface area contributed by atoms with Crippen LogP contribution in [0.5, 0.6) is 5.75 Å². The molecule has 0 saturated heterocycles. The molecule has 0 bridgehead atoms. The van der Waals surface area contributed by atoms with Crippen LogP contribution in [0.1, 0.15) is 25.8 Å². The summed E-state index contributed by atoms with van der Waals surface area (Å²) in [6, 6.07) is 3.83. The highest BCUT2D eigenvalue weighted by Gasteiger charge is 2.19. The van der Waals surface area contributed by atoms with E-state index in [1.165, 1.54) is 0 Å². The fraction of sp³-hybridized carbons (Fsp3) is 0.417. The number of benzene rings is 1. The van der Waals surface area contributed by atoms with Crippen LogP contribution in [0.25, 0.3) is 10.2 Å². The van der Waals surface area contributed by atoms with E-state index in [1.807, 2.05) is 12.1 Å². The number of nitrogens with zero attached hydrogens (tertiary/aromatic N) is 1. The molecule has 2 rings (SSSR count). The van der Waals surface area contributed by atoms with E-state index in [9.17, 15) is 0 Å². The van der Waals surface area contributed by atoms with Gasteiger partial charge in [0.1, 0.15) is 5.75 Å². The summed E-state index contributed by atoms with van der Waals surface area (Å²) in [6.45, 7) is 6.47. The van der Waals surface area contributed by atoms with Crippen molar-refractivity contribution < 1.29 is 4.74 Å². The quantitative estimate of drug-likeness (QED) is 0.774. The van der Waals surface area contributed by atoms with Gasteiger partial charge in [0.15, 0.2) is 0 Å². The highest BCUT2D eigenvalue weighted by Crippen LogP contribution is 2.35. The van der Waals surface area contributed by atoms with Crippen LogP contribution in [0.4, 0.5) is 5.69 Å². The number of nitrogen functional groups attached to an aromatic ring is 1. The molecule has 1 aromatic heterocycles.